The molecule has 1 aliphatic heterocycles. The van der Waals surface area contributed by atoms with Crippen molar-refractivity contribution in [2.24, 2.45) is 10.9 Å². The SMILES string of the molecule is CCC(N)CCC1(C)CC(c2ccc(C)c(C)c2)=NO1. The summed E-state index contributed by atoms with van der Waals surface area (Å²) in [5, 5.41) is 4.31. The minimum atomic E-state index is -0.194. The summed E-state index contributed by atoms with van der Waals surface area (Å²) in [7, 11) is 0. The van der Waals surface area contributed by atoms with Crippen molar-refractivity contribution in [2.75, 3.05) is 0 Å². The van der Waals surface area contributed by atoms with Crippen molar-refractivity contribution >= 4 is 5.71 Å². The van der Waals surface area contributed by atoms with E-state index in [2.05, 4.69) is 51.0 Å². The van der Waals surface area contributed by atoms with Crippen molar-refractivity contribution in [3.05, 3.63) is 34.9 Å². The molecule has 0 bridgehead atoms. The van der Waals surface area contributed by atoms with Crippen LogP contribution in [0.5, 0.6) is 0 Å². The first-order valence-corrected chi connectivity index (χ1v) is 7.52. The van der Waals surface area contributed by atoms with Crippen LogP contribution in [0.4, 0.5) is 0 Å². The van der Waals surface area contributed by atoms with E-state index in [1.807, 2.05) is 0 Å². The summed E-state index contributed by atoms with van der Waals surface area (Å²) in [6, 6.07) is 6.74. The third-order valence-corrected chi connectivity index (χ3v) is 4.33. The predicted molar refractivity (Wildman–Crippen MR) is 84.1 cm³/mol. The van der Waals surface area contributed by atoms with Crippen molar-refractivity contribution in [3.63, 3.8) is 0 Å². The Morgan fingerprint density at radius 2 is 2.10 bits per heavy atom. The first-order chi connectivity index (χ1) is 9.43. The molecule has 0 amide bonds. The van der Waals surface area contributed by atoms with Crippen LogP contribution >= 0.6 is 0 Å². The highest BCUT2D eigenvalue weighted by Crippen LogP contribution is 2.31. The highest BCUT2D eigenvalue weighted by molar-refractivity contribution is 6.01. The monoisotopic (exact) mass is 274 g/mol. The number of rotatable bonds is 5. The van der Waals surface area contributed by atoms with E-state index in [-0.39, 0.29) is 11.6 Å². The molecule has 1 heterocycles. The van der Waals surface area contributed by atoms with Crippen LogP contribution in [0.2, 0.25) is 0 Å². The molecule has 1 aliphatic rings. The van der Waals surface area contributed by atoms with Crippen LogP contribution in [-0.4, -0.2) is 17.4 Å². The fraction of sp³-hybridized carbons (Fsp3) is 0.588. The maximum Gasteiger partial charge on any atom is 0.140 e. The Balaban J connectivity index is 2.01. The molecule has 0 fully saturated rings. The zero-order valence-electron chi connectivity index (χ0n) is 13.1. The molecule has 110 valence electrons. The number of nitrogens with two attached hydrogens (primary N) is 1. The van der Waals surface area contributed by atoms with Crippen LogP contribution in [0.1, 0.15) is 56.2 Å². The number of hydrogen-bond donors (Lipinski definition) is 1. The van der Waals surface area contributed by atoms with Crippen LogP contribution in [-0.2, 0) is 4.84 Å². The number of aryl methyl sites for hydroxylation is 2. The second-order valence-corrected chi connectivity index (χ2v) is 6.26. The first-order valence-electron chi connectivity index (χ1n) is 7.52. The van der Waals surface area contributed by atoms with Crippen molar-refractivity contribution < 1.29 is 4.84 Å². The number of oxime groups is 1. The average molecular weight is 274 g/mol. The summed E-state index contributed by atoms with van der Waals surface area (Å²) < 4.78 is 0. The van der Waals surface area contributed by atoms with Gasteiger partial charge in [0.1, 0.15) is 5.60 Å². The second kappa shape index (κ2) is 5.96. The van der Waals surface area contributed by atoms with E-state index < -0.39 is 0 Å². The Kier molecular flexibility index (Phi) is 4.48. The molecule has 0 aromatic heterocycles. The van der Waals surface area contributed by atoms with Gasteiger partial charge in [-0.25, -0.2) is 0 Å². The van der Waals surface area contributed by atoms with Crippen LogP contribution in [0.25, 0.3) is 0 Å². The first kappa shape index (κ1) is 15.0. The van der Waals surface area contributed by atoms with Crippen LogP contribution in [0, 0.1) is 13.8 Å². The lowest BCUT2D eigenvalue weighted by molar-refractivity contribution is -0.0124. The van der Waals surface area contributed by atoms with Gasteiger partial charge in [-0.2, -0.15) is 0 Å². The van der Waals surface area contributed by atoms with Crippen LogP contribution < -0.4 is 5.73 Å². The summed E-state index contributed by atoms with van der Waals surface area (Å²) >= 11 is 0. The van der Waals surface area contributed by atoms with Gasteiger partial charge < -0.3 is 10.6 Å². The largest absolute Gasteiger partial charge is 0.389 e. The third kappa shape index (κ3) is 3.40. The number of benzene rings is 1. The highest BCUT2D eigenvalue weighted by Gasteiger charge is 2.34. The lowest BCUT2D eigenvalue weighted by atomic mass is 9.89. The Bertz CT molecular complexity index is 510. The zero-order chi connectivity index (χ0) is 14.8. The van der Waals surface area contributed by atoms with Gasteiger partial charge in [-0.15, -0.1) is 0 Å². The smallest absolute Gasteiger partial charge is 0.140 e. The molecule has 1 aromatic rings. The van der Waals surface area contributed by atoms with Gasteiger partial charge in [0.15, 0.2) is 0 Å². The van der Waals surface area contributed by atoms with Gasteiger partial charge in [-0.05, 0) is 62.8 Å². The van der Waals surface area contributed by atoms with Gasteiger partial charge in [0.25, 0.3) is 0 Å². The molecule has 20 heavy (non-hydrogen) atoms. The standard InChI is InChI=1S/C17H26N2O/c1-5-15(18)8-9-17(4)11-16(19-20-17)14-7-6-12(2)13(3)10-14/h6-7,10,15H,5,8-9,11,18H2,1-4H3. The quantitative estimate of drug-likeness (QED) is 0.890. The minimum absolute atomic E-state index is 0.194. The molecule has 0 saturated heterocycles. The fourth-order valence-corrected chi connectivity index (χ4v) is 2.49. The topological polar surface area (TPSA) is 47.6 Å². The molecule has 3 nitrogen and oxygen atoms in total. The number of nitrogens with zero attached hydrogens (tertiary/aromatic N) is 1. The zero-order valence-corrected chi connectivity index (χ0v) is 13.1. The summed E-state index contributed by atoms with van der Waals surface area (Å²) in [5.41, 5.74) is 10.6. The predicted octanol–water partition coefficient (Wildman–Crippen LogP) is 3.70. The molecule has 1 aromatic carbocycles. The molecule has 2 atom stereocenters. The van der Waals surface area contributed by atoms with E-state index in [1.54, 1.807) is 0 Å². The maximum absolute atomic E-state index is 6.00. The summed E-state index contributed by atoms with van der Waals surface area (Å²) in [6.07, 6.45) is 3.83. The lowest BCUT2D eigenvalue weighted by Gasteiger charge is -2.22. The molecule has 3 heteroatoms. The Morgan fingerprint density at radius 3 is 2.75 bits per heavy atom. The Hall–Kier alpha value is -1.35. The molecule has 2 rings (SSSR count). The van der Waals surface area contributed by atoms with Crippen molar-refractivity contribution in [1.82, 2.24) is 0 Å². The lowest BCUT2D eigenvalue weighted by Crippen LogP contribution is -2.29. The summed E-state index contributed by atoms with van der Waals surface area (Å²) in [4.78, 5) is 5.70. The second-order valence-electron chi connectivity index (χ2n) is 6.26. The van der Waals surface area contributed by atoms with Gasteiger partial charge in [-0.3, -0.25) is 0 Å². The van der Waals surface area contributed by atoms with Gasteiger partial charge >= 0.3 is 0 Å². The van der Waals surface area contributed by atoms with Gasteiger partial charge in [0, 0.05) is 12.5 Å². The minimum Gasteiger partial charge on any atom is -0.389 e. The van der Waals surface area contributed by atoms with Crippen molar-refractivity contribution in [3.8, 4) is 0 Å². The fourth-order valence-electron chi connectivity index (χ4n) is 2.49. The Morgan fingerprint density at radius 1 is 1.35 bits per heavy atom. The molecule has 0 saturated carbocycles. The van der Waals surface area contributed by atoms with E-state index in [0.29, 0.717) is 0 Å². The Labute approximate surface area is 122 Å². The molecule has 2 unspecified atom stereocenters. The van der Waals surface area contributed by atoms with Gasteiger partial charge in [-0.1, -0.05) is 24.2 Å². The van der Waals surface area contributed by atoms with Gasteiger partial charge in [0.05, 0.1) is 5.71 Å². The van der Waals surface area contributed by atoms with Gasteiger partial charge in [0.2, 0.25) is 0 Å². The van der Waals surface area contributed by atoms with E-state index in [9.17, 15) is 0 Å². The molecular weight excluding hydrogens is 248 g/mol. The highest BCUT2D eigenvalue weighted by atomic mass is 16.7. The molecule has 0 aliphatic carbocycles. The molecular formula is C17H26N2O. The van der Waals surface area contributed by atoms with Crippen molar-refractivity contribution in [1.29, 1.82) is 0 Å². The van der Waals surface area contributed by atoms with Crippen LogP contribution in [0.15, 0.2) is 23.4 Å². The number of hydrogen-bond acceptors (Lipinski definition) is 3. The van der Waals surface area contributed by atoms with E-state index >= 15 is 0 Å². The van der Waals surface area contributed by atoms with E-state index in [0.717, 1.165) is 31.4 Å². The normalized spacial score (nSPS) is 23.4. The van der Waals surface area contributed by atoms with Crippen molar-refractivity contribution in [2.45, 2.75) is 65.0 Å². The summed E-state index contributed by atoms with van der Waals surface area (Å²) in [5.74, 6) is 0. The van der Waals surface area contributed by atoms with E-state index in [4.69, 9.17) is 10.6 Å². The maximum atomic E-state index is 6.00. The third-order valence-electron chi connectivity index (χ3n) is 4.33. The molecule has 2 N–H and O–H groups in total. The van der Waals surface area contributed by atoms with E-state index in [1.165, 1.54) is 16.7 Å². The molecule has 0 radical (unpaired) electrons. The molecule has 0 spiro atoms. The summed E-state index contributed by atoms with van der Waals surface area (Å²) in [6.45, 7) is 8.52. The average Bonchev–Trinajstić information content (AvgIpc) is 2.82. The van der Waals surface area contributed by atoms with Crippen LogP contribution in [0.3, 0.4) is 0 Å².